The highest BCUT2D eigenvalue weighted by atomic mass is 35.5. The van der Waals surface area contributed by atoms with E-state index >= 15 is 0 Å². The lowest BCUT2D eigenvalue weighted by atomic mass is 10.2. The number of nitrogens with one attached hydrogen (secondary N) is 3. The number of nitrogens with zero attached hydrogens (tertiary/aromatic N) is 3. The molecule has 1 amide bonds. The molecular formula is C23H23ClN6O2S. The molecule has 10 heteroatoms. The van der Waals surface area contributed by atoms with Crippen molar-refractivity contribution in [1.29, 1.82) is 0 Å². The third kappa shape index (κ3) is 4.43. The van der Waals surface area contributed by atoms with Gasteiger partial charge in [-0.15, -0.1) is 10.2 Å². The van der Waals surface area contributed by atoms with E-state index in [1.165, 1.54) is 11.8 Å². The van der Waals surface area contributed by atoms with E-state index in [9.17, 15) is 9.59 Å². The number of fused-ring (bicyclic) bond motifs is 1. The maximum absolute atomic E-state index is 12.9. The van der Waals surface area contributed by atoms with Crippen LogP contribution < -0.4 is 11.0 Å². The van der Waals surface area contributed by atoms with Crippen LogP contribution in [-0.4, -0.2) is 35.9 Å². The Morgan fingerprint density at radius 3 is 2.70 bits per heavy atom. The molecule has 4 aromatic rings. The molecule has 2 aromatic carbocycles. The fourth-order valence-corrected chi connectivity index (χ4v) is 5.38. The molecule has 1 aliphatic rings. The Balaban J connectivity index is 1.39. The van der Waals surface area contributed by atoms with Crippen LogP contribution in [0.4, 0.5) is 5.69 Å². The van der Waals surface area contributed by atoms with E-state index in [0.717, 1.165) is 37.1 Å². The number of halogens is 1. The largest absolute Gasteiger partial charge is 0.325 e. The van der Waals surface area contributed by atoms with Crippen molar-refractivity contribution >= 4 is 46.0 Å². The van der Waals surface area contributed by atoms with Gasteiger partial charge in [-0.3, -0.25) is 9.36 Å². The zero-order valence-electron chi connectivity index (χ0n) is 18.0. The summed E-state index contributed by atoms with van der Waals surface area (Å²) in [6.45, 7) is 1.85. The highest BCUT2D eigenvalue weighted by molar-refractivity contribution is 8.00. The van der Waals surface area contributed by atoms with Gasteiger partial charge in [-0.05, 0) is 50.1 Å². The number of anilines is 1. The summed E-state index contributed by atoms with van der Waals surface area (Å²) in [5.74, 6) is 0.585. The molecule has 1 aliphatic carbocycles. The number of amides is 1. The second-order valence-corrected chi connectivity index (χ2v) is 9.90. The fraction of sp³-hybridized carbons (Fsp3) is 0.304. The molecule has 1 atom stereocenters. The lowest BCUT2D eigenvalue weighted by Crippen LogP contribution is -2.23. The Kier molecular flexibility index (Phi) is 5.99. The maximum atomic E-state index is 12.9. The van der Waals surface area contributed by atoms with Crippen molar-refractivity contribution in [2.75, 3.05) is 5.32 Å². The van der Waals surface area contributed by atoms with E-state index in [4.69, 9.17) is 11.6 Å². The molecule has 0 aliphatic heterocycles. The van der Waals surface area contributed by atoms with E-state index in [-0.39, 0.29) is 17.6 Å². The summed E-state index contributed by atoms with van der Waals surface area (Å²) in [5.41, 5.74) is 2.51. The van der Waals surface area contributed by atoms with Crippen LogP contribution in [0.25, 0.3) is 22.4 Å². The first kappa shape index (κ1) is 21.8. The summed E-state index contributed by atoms with van der Waals surface area (Å²) >= 11 is 7.84. The maximum Gasteiger partial charge on any atom is 0.323 e. The molecule has 1 fully saturated rings. The van der Waals surface area contributed by atoms with Crippen molar-refractivity contribution < 1.29 is 4.79 Å². The van der Waals surface area contributed by atoms with Gasteiger partial charge < -0.3 is 15.3 Å². The van der Waals surface area contributed by atoms with Crippen LogP contribution in [0.3, 0.4) is 0 Å². The molecule has 1 unspecified atom stereocenters. The lowest BCUT2D eigenvalue weighted by Gasteiger charge is -2.19. The number of rotatable bonds is 6. The van der Waals surface area contributed by atoms with E-state index < -0.39 is 5.25 Å². The Labute approximate surface area is 199 Å². The van der Waals surface area contributed by atoms with E-state index in [1.807, 2.05) is 31.2 Å². The summed E-state index contributed by atoms with van der Waals surface area (Å²) in [6.07, 6.45) is 4.43. The van der Waals surface area contributed by atoms with Crippen molar-refractivity contribution in [3.05, 3.63) is 58.0 Å². The number of aromatic nitrogens is 5. The number of carbonyl (C=O) groups excluding carboxylic acids is 1. The first-order valence-corrected chi connectivity index (χ1v) is 12.1. The smallest absolute Gasteiger partial charge is 0.323 e. The molecule has 0 saturated heterocycles. The highest BCUT2D eigenvalue weighted by Crippen LogP contribution is 2.39. The van der Waals surface area contributed by atoms with Gasteiger partial charge in [0.2, 0.25) is 5.91 Å². The van der Waals surface area contributed by atoms with Crippen LogP contribution in [0.2, 0.25) is 5.02 Å². The summed E-state index contributed by atoms with van der Waals surface area (Å²) < 4.78 is 2.15. The third-order valence-corrected chi connectivity index (χ3v) is 7.29. The summed E-state index contributed by atoms with van der Waals surface area (Å²) in [4.78, 5) is 29.8. The van der Waals surface area contributed by atoms with Crippen molar-refractivity contribution in [2.24, 2.45) is 0 Å². The van der Waals surface area contributed by atoms with E-state index in [1.54, 1.807) is 18.2 Å². The average Bonchev–Trinajstić information content (AvgIpc) is 3.53. The molecule has 8 nitrogen and oxygen atoms in total. The summed E-state index contributed by atoms with van der Waals surface area (Å²) in [5, 5.41) is 12.8. The fourth-order valence-electron chi connectivity index (χ4n) is 4.24. The number of hydrogen-bond acceptors (Lipinski definition) is 5. The number of imidazole rings is 1. The minimum Gasteiger partial charge on any atom is -0.325 e. The molecule has 2 aromatic heterocycles. The zero-order valence-corrected chi connectivity index (χ0v) is 19.5. The van der Waals surface area contributed by atoms with Crippen molar-refractivity contribution in [2.45, 2.75) is 49.1 Å². The predicted molar refractivity (Wildman–Crippen MR) is 131 cm³/mol. The monoisotopic (exact) mass is 482 g/mol. The second kappa shape index (κ2) is 9.07. The first-order valence-electron chi connectivity index (χ1n) is 10.9. The van der Waals surface area contributed by atoms with E-state index in [2.05, 4.69) is 30.0 Å². The van der Waals surface area contributed by atoms with Gasteiger partial charge in [-0.2, -0.15) is 0 Å². The Bertz CT molecular complexity index is 1370. The first-order chi connectivity index (χ1) is 16.0. The molecular weight excluding hydrogens is 460 g/mol. The Morgan fingerprint density at radius 1 is 1.15 bits per heavy atom. The topological polar surface area (TPSA) is 108 Å². The van der Waals surface area contributed by atoms with Crippen molar-refractivity contribution in [3.8, 4) is 11.4 Å². The minimum atomic E-state index is -0.408. The van der Waals surface area contributed by atoms with Crippen LogP contribution in [0.15, 0.2) is 52.4 Å². The van der Waals surface area contributed by atoms with Crippen molar-refractivity contribution in [1.82, 2.24) is 24.7 Å². The van der Waals surface area contributed by atoms with Gasteiger partial charge >= 0.3 is 5.69 Å². The molecule has 0 radical (unpaired) electrons. The van der Waals surface area contributed by atoms with Gasteiger partial charge in [-0.1, -0.05) is 48.3 Å². The zero-order chi connectivity index (χ0) is 22.9. The third-order valence-electron chi connectivity index (χ3n) is 5.90. The normalized spacial score (nSPS) is 15.2. The highest BCUT2D eigenvalue weighted by Gasteiger charge is 2.28. The molecule has 3 N–H and O–H groups in total. The van der Waals surface area contributed by atoms with E-state index in [0.29, 0.717) is 26.9 Å². The van der Waals surface area contributed by atoms with Crippen LogP contribution in [0.5, 0.6) is 0 Å². The van der Waals surface area contributed by atoms with Crippen LogP contribution >= 0.6 is 23.4 Å². The molecule has 1 saturated carbocycles. The van der Waals surface area contributed by atoms with Crippen LogP contribution in [0.1, 0.15) is 38.6 Å². The van der Waals surface area contributed by atoms with Crippen molar-refractivity contribution in [3.63, 3.8) is 0 Å². The number of H-pyrrole nitrogens is 2. The molecule has 170 valence electrons. The number of benzene rings is 2. The molecule has 33 heavy (non-hydrogen) atoms. The average molecular weight is 483 g/mol. The summed E-state index contributed by atoms with van der Waals surface area (Å²) in [6, 6.07) is 13.2. The summed E-state index contributed by atoms with van der Waals surface area (Å²) in [7, 11) is 0. The Hall–Kier alpha value is -3.04. The van der Waals surface area contributed by atoms with Gasteiger partial charge in [-0.25, -0.2) is 4.79 Å². The molecule has 2 heterocycles. The van der Waals surface area contributed by atoms with Gasteiger partial charge in [0.25, 0.3) is 0 Å². The standard InChI is InChI=1S/C23H23ClN6O2S/c1-13(21(31)25-14-10-11-18-19(12-14)27-22(32)26-18)33-23-29-28-20(16-8-4-5-9-17(16)24)30(23)15-6-2-3-7-15/h4-5,8-13,15H,2-3,6-7H2,1H3,(H,25,31)(H2,26,27,32). The quantitative estimate of drug-likeness (QED) is 0.335. The van der Waals surface area contributed by atoms with Gasteiger partial charge in [0.1, 0.15) is 0 Å². The number of thioether (sulfide) groups is 1. The van der Waals surface area contributed by atoms with Gasteiger partial charge in [0.05, 0.1) is 21.3 Å². The van der Waals surface area contributed by atoms with Gasteiger partial charge in [0.15, 0.2) is 11.0 Å². The molecule has 5 rings (SSSR count). The number of hydrogen-bond donors (Lipinski definition) is 3. The minimum absolute atomic E-state index is 0.155. The Morgan fingerprint density at radius 2 is 1.91 bits per heavy atom. The van der Waals surface area contributed by atoms with Crippen LogP contribution in [0, 0.1) is 0 Å². The SMILES string of the molecule is CC(Sc1nnc(-c2ccccc2Cl)n1C1CCCC1)C(=O)Nc1ccc2[nH]c(=O)[nH]c2c1. The molecule has 0 spiro atoms. The lowest BCUT2D eigenvalue weighted by molar-refractivity contribution is -0.115. The van der Waals surface area contributed by atoms with Gasteiger partial charge in [0, 0.05) is 17.3 Å². The number of aromatic amines is 2. The van der Waals surface area contributed by atoms with Crippen LogP contribution in [-0.2, 0) is 4.79 Å². The molecule has 0 bridgehead atoms. The number of carbonyl (C=O) groups is 1. The second-order valence-electron chi connectivity index (χ2n) is 8.18. The predicted octanol–water partition coefficient (Wildman–Crippen LogP) is 5.00.